The molecule has 2 heterocycles. The number of nitrogens with zero attached hydrogens (tertiary/aromatic N) is 2. The molecule has 0 spiro atoms. The van der Waals surface area contributed by atoms with Gasteiger partial charge in [0.15, 0.2) is 5.16 Å². The Morgan fingerprint density at radius 3 is 2.56 bits per heavy atom. The van der Waals surface area contributed by atoms with Crippen LogP contribution in [0.3, 0.4) is 0 Å². The van der Waals surface area contributed by atoms with Crippen molar-refractivity contribution >= 4 is 50.7 Å². The van der Waals surface area contributed by atoms with E-state index in [0.29, 0.717) is 16.8 Å². The summed E-state index contributed by atoms with van der Waals surface area (Å²) in [6.07, 6.45) is 0. The molecule has 4 N–H and O–H groups in total. The molecule has 84 valence electrons. The van der Waals surface area contributed by atoms with Crippen LogP contribution in [0, 0.1) is 0 Å². The number of anilines is 2. The van der Waals surface area contributed by atoms with Crippen LogP contribution in [0.4, 0.5) is 11.6 Å². The lowest BCUT2D eigenvalue weighted by molar-refractivity contribution is 0.984. The predicted molar refractivity (Wildman–Crippen MR) is 72.4 cm³/mol. The van der Waals surface area contributed by atoms with Gasteiger partial charge < -0.3 is 11.5 Å². The Bertz CT molecular complexity index is 480. The molecule has 0 aliphatic rings. The molecule has 2 aromatic heterocycles. The fourth-order valence-corrected chi connectivity index (χ4v) is 3.75. The average molecular weight is 317 g/mol. The first-order valence-electron chi connectivity index (χ1n) is 4.40. The Morgan fingerprint density at radius 1 is 1.31 bits per heavy atom. The number of nitrogens with two attached hydrogens (primary N) is 2. The third kappa shape index (κ3) is 2.87. The van der Waals surface area contributed by atoms with Gasteiger partial charge in [-0.2, -0.15) is 0 Å². The summed E-state index contributed by atoms with van der Waals surface area (Å²) in [7, 11) is 0. The van der Waals surface area contributed by atoms with E-state index in [-0.39, 0.29) is 0 Å². The molecule has 0 amide bonds. The van der Waals surface area contributed by atoms with Crippen molar-refractivity contribution < 1.29 is 0 Å². The lowest BCUT2D eigenvalue weighted by Crippen LogP contribution is -1.99. The highest BCUT2D eigenvalue weighted by Crippen LogP contribution is 2.29. The van der Waals surface area contributed by atoms with Gasteiger partial charge in [-0.05, 0) is 27.4 Å². The van der Waals surface area contributed by atoms with Gasteiger partial charge in [-0.15, -0.1) is 11.3 Å². The topological polar surface area (TPSA) is 77.8 Å². The maximum absolute atomic E-state index is 5.59. The van der Waals surface area contributed by atoms with Gasteiger partial charge in [0.05, 0.1) is 0 Å². The van der Waals surface area contributed by atoms with Crippen LogP contribution in [-0.2, 0) is 5.75 Å². The van der Waals surface area contributed by atoms with Crippen LogP contribution in [0.15, 0.2) is 27.1 Å². The van der Waals surface area contributed by atoms with E-state index >= 15 is 0 Å². The summed E-state index contributed by atoms with van der Waals surface area (Å²) >= 11 is 6.69. The number of rotatable bonds is 3. The Morgan fingerprint density at radius 2 is 2.00 bits per heavy atom. The average Bonchev–Trinajstić information content (AvgIpc) is 2.59. The molecule has 4 nitrogen and oxygen atoms in total. The third-order valence-electron chi connectivity index (χ3n) is 1.77. The minimum atomic E-state index is 0.403. The van der Waals surface area contributed by atoms with Crippen molar-refractivity contribution in [3.05, 3.63) is 26.9 Å². The molecule has 0 atom stereocenters. The number of hydrogen-bond donors (Lipinski definition) is 2. The minimum Gasteiger partial charge on any atom is -0.383 e. The molecule has 2 rings (SSSR count). The van der Waals surface area contributed by atoms with Crippen molar-refractivity contribution in [1.29, 1.82) is 0 Å². The Balaban J connectivity index is 2.07. The molecule has 0 radical (unpaired) electrons. The summed E-state index contributed by atoms with van der Waals surface area (Å²) in [5, 5.41) is 2.65. The Labute approximate surface area is 110 Å². The smallest absolute Gasteiger partial charge is 0.191 e. The summed E-state index contributed by atoms with van der Waals surface area (Å²) in [4.78, 5) is 9.45. The van der Waals surface area contributed by atoms with Crippen LogP contribution in [-0.4, -0.2) is 9.97 Å². The van der Waals surface area contributed by atoms with Crippen molar-refractivity contribution in [3.8, 4) is 0 Å². The van der Waals surface area contributed by atoms with E-state index in [1.807, 2.05) is 11.4 Å². The van der Waals surface area contributed by atoms with E-state index in [9.17, 15) is 0 Å². The molecule has 2 aromatic rings. The van der Waals surface area contributed by atoms with E-state index in [4.69, 9.17) is 11.5 Å². The van der Waals surface area contributed by atoms with Crippen molar-refractivity contribution in [2.24, 2.45) is 0 Å². The molecular weight excluding hydrogens is 308 g/mol. The first kappa shape index (κ1) is 11.7. The van der Waals surface area contributed by atoms with Crippen LogP contribution in [0.1, 0.15) is 4.88 Å². The molecule has 16 heavy (non-hydrogen) atoms. The molecule has 0 aliphatic carbocycles. The quantitative estimate of drug-likeness (QED) is 0.672. The zero-order chi connectivity index (χ0) is 11.5. The van der Waals surface area contributed by atoms with Crippen LogP contribution in [0.2, 0.25) is 0 Å². The van der Waals surface area contributed by atoms with Crippen LogP contribution in [0.5, 0.6) is 0 Å². The van der Waals surface area contributed by atoms with Gasteiger partial charge in [0.25, 0.3) is 0 Å². The van der Waals surface area contributed by atoms with Crippen molar-refractivity contribution in [3.63, 3.8) is 0 Å². The maximum Gasteiger partial charge on any atom is 0.191 e. The SMILES string of the molecule is Nc1cc(N)nc(SCc2sccc2Br)n1. The number of nitrogen functional groups attached to an aromatic ring is 2. The Kier molecular flexibility index (Phi) is 3.67. The fourth-order valence-electron chi connectivity index (χ4n) is 1.08. The molecule has 0 aromatic carbocycles. The van der Waals surface area contributed by atoms with Gasteiger partial charge in [-0.3, -0.25) is 0 Å². The molecule has 7 heteroatoms. The number of thiophene rings is 1. The molecular formula is C9H9BrN4S2. The molecule has 0 unspecified atom stereocenters. The summed E-state index contributed by atoms with van der Waals surface area (Å²) in [5.41, 5.74) is 11.2. The number of hydrogen-bond acceptors (Lipinski definition) is 6. The van der Waals surface area contributed by atoms with Gasteiger partial charge in [0, 0.05) is 21.2 Å². The molecule has 0 bridgehead atoms. The monoisotopic (exact) mass is 316 g/mol. The van der Waals surface area contributed by atoms with Crippen LogP contribution < -0.4 is 11.5 Å². The van der Waals surface area contributed by atoms with Gasteiger partial charge in [-0.25, -0.2) is 9.97 Å². The van der Waals surface area contributed by atoms with Gasteiger partial charge in [-0.1, -0.05) is 11.8 Å². The van der Waals surface area contributed by atoms with Crippen LogP contribution >= 0.6 is 39.0 Å². The van der Waals surface area contributed by atoms with E-state index in [0.717, 1.165) is 10.2 Å². The zero-order valence-corrected chi connectivity index (χ0v) is 11.4. The lowest BCUT2D eigenvalue weighted by Gasteiger charge is -2.01. The fraction of sp³-hybridized carbons (Fsp3) is 0.111. The predicted octanol–water partition coefficient (Wildman–Crippen LogP) is 2.76. The summed E-state index contributed by atoms with van der Waals surface area (Å²) < 4.78 is 1.11. The van der Waals surface area contributed by atoms with E-state index in [2.05, 4.69) is 25.9 Å². The molecule has 0 saturated carbocycles. The largest absolute Gasteiger partial charge is 0.383 e. The molecule has 0 aliphatic heterocycles. The normalized spacial score (nSPS) is 10.6. The van der Waals surface area contributed by atoms with Crippen molar-refractivity contribution in [2.45, 2.75) is 10.9 Å². The number of halogens is 1. The molecule has 0 saturated heterocycles. The van der Waals surface area contributed by atoms with Gasteiger partial charge >= 0.3 is 0 Å². The van der Waals surface area contributed by atoms with Crippen LogP contribution in [0.25, 0.3) is 0 Å². The third-order valence-corrected chi connectivity index (χ3v) is 4.75. The number of thioether (sulfide) groups is 1. The first-order chi connectivity index (χ1) is 7.65. The highest BCUT2D eigenvalue weighted by molar-refractivity contribution is 9.10. The van der Waals surface area contributed by atoms with Crippen molar-refractivity contribution in [1.82, 2.24) is 9.97 Å². The Hall–Kier alpha value is -0.790. The zero-order valence-electron chi connectivity index (χ0n) is 8.18. The highest BCUT2D eigenvalue weighted by atomic mass is 79.9. The summed E-state index contributed by atoms with van der Waals surface area (Å²) in [5.74, 6) is 1.61. The van der Waals surface area contributed by atoms with E-state index in [1.165, 1.54) is 16.6 Å². The second kappa shape index (κ2) is 5.03. The second-order valence-corrected chi connectivity index (χ2v) is 5.78. The number of aromatic nitrogens is 2. The summed E-state index contributed by atoms with van der Waals surface area (Å²) in [6.45, 7) is 0. The summed E-state index contributed by atoms with van der Waals surface area (Å²) in [6, 6.07) is 3.57. The first-order valence-corrected chi connectivity index (χ1v) is 7.05. The lowest BCUT2D eigenvalue weighted by atomic mass is 10.5. The second-order valence-electron chi connectivity index (χ2n) is 2.98. The van der Waals surface area contributed by atoms with Gasteiger partial charge in [0.1, 0.15) is 11.6 Å². The minimum absolute atomic E-state index is 0.403. The molecule has 0 fully saturated rings. The van der Waals surface area contributed by atoms with E-state index < -0.39 is 0 Å². The van der Waals surface area contributed by atoms with Crippen molar-refractivity contribution in [2.75, 3.05) is 11.5 Å². The standard InChI is InChI=1S/C9H9BrN4S2/c10-5-1-2-15-6(5)4-16-9-13-7(11)3-8(12)14-9/h1-3H,4H2,(H4,11,12,13,14). The maximum atomic E-state index is 5.59. The van der Waals surface area contributed by atoms with E-state index in [1.54, 1.807) is 17.4 Å². The highest BCUT2D eigenvalue weighted by Gasteiger charge is 2.05. The van der Waals surface area contributed by atoms with Gasteiger partial charge in [0.2, 0.25) is 0 Å².